The summed E-state index contributed by atoms with van der Waals surface area (Å²) in [6.07, 6.45) is 2.90. The predicted octanol–water partition coefficient (Wildman–Crippen LogP) is 2.91. The number of carbonyl (C=O) groups is 1. The molecule has 0 radical (unpaired) electrons. The van der Waals surface area contributed by atoms with Gasteiger partial charge in [-0.05, 0) is 50.4 Å². The summed E-state index contributed by atoms with van der Waals surface area (Å²) < 4.78 is 0. The SMILES string of the molecule is C[C@H](NC(=O)CC1CCCNC1)c1ccccc1Cl. The van der Waals surface area contributed by atoms with Gasteiger partial charge in [0.2, 0.25) is 5.91 Å². The monoisotopic (exact) mass is 280 g/mol. The van der Waals surface area contributed by atoms with Gasteiger partial charge in [0.15, 0.2) is 0 Å². The van der Waals surface area contributed by atoms with Crippen molar-refractivity contribution in [2.24, 2.45) is 5.92 Å². The third-order valence-corrected chi connectivity index (χ3v) is 3.97. The fourth-order valence-electron chi connectivity index (χ4n) is 2.56. The highest BCUT2D eigenvalue weighted by atomic mass is 35.5. The predicted molar refractivity (Wildman–Crippen MR) is 78.2 cm³/mol. The molecule has 0 aromatic heterocycles. The second-order valence-electron chi connectivity index (χ2n) is 5.23. The second-order valence-corrected chi connectivity index (χ2v) is 5.63. The normalized spacial score (nSPS) is 20.8. The van der Waals surface area contributed by atoms with Gasteiger partial charge in [0.25, 0.3) is 0 Å². The van der Waals surface area contributed by atoms with Crippen LogP contribution in [0.1, 0.15) is 37.8 Å². The lowest BCUT2D eigenvalue weighted by molar-refractivity contribution is -0.122. The van der Waals surface area contributed by atoms with Gasteiger partial charge < -0.3 is 10.6 Å². The first-order valence-electron chi connectivity index (χ1n) is 6.91. The zero-order valence-electron chi connectivity index (χ0n) is 11.3. The molecule has 0 saturated carbocycles. The average molecular weight is 281 g/mol. The third-order valence-electron chi connectivity index (χ3n) is 3.62. The van der Waals surface area contributed by atoms with Crippen LogP contribution in [0.25, 0.3) is 0 Å². The topological polar surface area (TPSA) is 41.1 Å². The van der Waals surface area contributed by atoms with Gasteiger partial charge in [0.05, 0.1) is 6.04 Å². The van der Waals surface area contributed by atoms with Gasteiger partial charge in [-0.25, -0.2) is 0 Å². The molecule has 2 N–H and O–H groups in total. The van der Waals surface area contributed by atoms with Crippen LogP contribution in [0.3, 0.4) is 0 Å². The lowest BCUT2D eigenvalue weighted by Gasteiger charge is -2.23. The Hall–Kier alpha value is -1.06. The van der Waals surface area contributed by atoms with Gasteiger partial charge in [0, 0.05) is 11.4 Å². The van der Waals surface area contributed by atoms with Crippen LogP contribution in [-0.2, 0) is 4.79 Å². The summed E-state index contributed by atoms with van der Waals surface area (Å²) in [5, 5.41) is 7.07. The molecule has 1 aliphatic heterocycles. The fourth-order valence-corrected chi connectivity index (χ4v) is 2.86. The highest BCUT2D eigenvalue weighted by Gasteiger charge is 2.18. The number of nitrogens with one attached hydrogen (secondary N) is 2. The highest BCUT2D eigenvalue weighted by Crippen LogP contribution is 2.22. The van der Waals surface area contributed by atoms with Crippen molar-refractivity contribution in [1.82, 2.24) is 10.6 Å². The van der Waals surface area contributed by atoms with E-state index in [1.807, 2.05) is 31.2 Å². The smallest absolute Gasteiger partial charge is 0.220 e. The molecule has 0 aliphatic carbocycles. The highest BCUT2D eigenvalue weighted by molar-refractivity contribution is 6.31. The molecular formula is C15H21ClN2O. The Morgan fingerprint density at radius 1 is 1.53 bits per heavy atom. The molecular weight excluding hydrogens is 260 g/mol. The van der Waals surface area contributed by atoms with Gasteiger partial charge in [-0.2, -0.15) is 0 Å². The van der Waals surface area contributed by atoms with E-state index in [1.165, 1.54) is 0 Å². The summed E-state index contributed by atoms with van der Waals surface area (Å²) in [4.78, 5) is 12.0. The minimum Gasteiger partial charge on any atom is -0.350 e. The molecule has 1 aromatic carbocycles. The molecule has 0 spiro atoms. The molecule has 1 aliphatic rings. The molecule has 2 rings (SSSR count). The first kappa shape index (κ1) is 14.4. The molecule has 1 amide bonds. The van der Waals surface area contributed by atoms with Crippen LogP contribution >= 0.6 is 11.6 Å². The molecule has 4 heteroatoms. The number of hydrogen-bond donors (Lipinski definition) is 2. The largest absolute Gasteiger partial charge is 0.350 e. The van der Waals surface area contributed by atoms with Gasteiger partial charge in [-0.15, -0.1) is 0 Å². The summed E-state index contributed by atoms with van der Waals surface area (Å²) in [5.74, 6) is 0.577. The van der Waals surface area contributed by atoms with E-state index in [9.17, 15) is 4.79 Å². The zero-order valence-corrected chi connectivity index (χ0v) is 12.0. The molecule has 0 bridgehead atoms. The maximum atomic E-state index is 12.0. The minimum absolute atomic E-state index is 0.0438. The van der Waals surface area contributed by atoms with Crippen LogP contribution in [0.2, 0.25) is 5.02 Å². The Morgan fingerprint density at radius 3 is 3.00 bits per heavy atom. The zero-order chi connectivity index (χ0) is 13.7. The maximum Gasteiger partial charge on any atom is 0.220 e. The summed E-state index contributed by atoms with van der Waals surface area (Å²) in [7, 11) is 0. The van der Waals surface area contributed by atoms with Crippen molar-refractivity contribution in [2.45, 2.75) is 32.2 Å². The van der Waals surface area contributed by atoms with E-state index in [2.05, 4.69) is 10.6 Å². The number of carbonyl (C=O) groups excluding carboxylic acids is 1. The molecule has 19 heavy (non-hydrogen) atoms. The van der Waals surface area contributed by atoms with Crippen molar-refractivity contribution in [2.75, 3.05) is 13.1 Å². The molecule has 3 nitrogen and oxygen atoms in total. The van der Waals surface area contributed by atoms with Gasteiger partial charge >= 0.3 is 0 Å². The number of hydrogen-bond acceptors (Lipinski definition) is 2. The molecule has 1 saturated heterocycles. The molecule has 2 atom stereocenters. The summed E-state index contributed by atoms with van der Waals surface area (Å²) in [6.45, 7) is 4.00. The standard InChI is InChI=1S/C15H21ClN2O/c1-11(13-6-2-3-7-14(13)16)18-15(19)9-12-5-4-8-17-10-12/h2-3,6-7,11-12,17H,4-5,8-10H2,1H3,(H,18,19)/t11-,12?/m0/s1. The number of amides is 1. The lowest BCUT2D eigenvalue weighted by atomic mass is 9.95. The molecule has 104 valence electrons. The van der Waals surface area contributed by atoms with Gasteiger partial charge in [-0.1, -0.05) is 29.8 Å². The van der Waals surface area contributed by atoms with E-state index < -0.39 is 0 Å². The van der Waals surface area contributed by atoms with Crippen LogP contribution in [-0.4, -0.2) is 19.0 Å². The summed E-state index contributed by atoms with van der Waals surface area (Å²) in [6, 6.07) is 7.60. The lowest BCUT2D eigenvalue weighted by Crippen LogP contribution is -2.35. The van der Waals surface area contributed by atoms with Crippen LogP contribution in [0.4, 0.5) is 0 Å². The molecule has 1 unspecified atom stereocenters. The van der Waals surface area contributed by atoms with Crippen molar-refractivity contribution in [1.29, 1.82) is 0 Å². The van der Waals surface area contributed by atoms with Crippen molar-refractivity contribution < 1.29 is 4.79 Å². The Kier molecular flexibility index (Phi) is 5.23. The Balaban J connectivity index is 1.86. The van der Waals surface area contributed by atoms with E-state index in [-0.39, 0.29) is 11.9 Å². The van der Waals surface area contributed by atoms with Crippen LogP contribution in [0.5, 0.6) is 0 Å². The summed E-state index contributed by atoms with van der Waals surface area (Å²) >= 11 is 6.13. The fraction of sp³-hybridized carbons (Fsp3) is 0.533. The Labute approximate surface area is 119 Å². The number of halogens is 1. The van der Waals surface area contributed by atoms with E-state index in [0.29, 0.717) is 17.4 Å². The summed E-state index contributed by atoms with van der Waals surface area (Å²) in [5.41, 5.74) is 0.972. The molecule has 1 aromatic rings. The molecule has 1 fully saturated rings. The average Bonchev–Trinajstić information content (AvgIpc) is 2.40. The number of rotatable bonds is 4. The Morgan fingerprint density at radius 2 is 2.32 bits per heavy atom. The van der Waals surface area contributed by atoms with E-state index in [0.717, 1.165) is 31.5 Å². The Bertz CT molecular complexity index is 430. The van der Waals surface area contributed by atoms with Crippen molar-refractivity contribution in [3.63, 3.8) is 0 Å². The van der Waals surface area contributed by atoms with E-state index in [4.69, 9.17) is 11.6 Å². The van der Waals surface area contributed by atoms with Crippen LogP contribution in [0.15, 0.2) is 24.3 Å². The van der Waals surface area contributed by atoms with Crippen molar-refractivity contribution in [3.05, 3.63) is 34.9 Å². The third kappa shape index (κ3) is 4.22. The van der Waals surface area contributed by atoms with Crippen LogP contribution in [0, 0.1) is 5.92 Å². The second kappa shape index (κ2) is 6.92. The van der Waals surface area contributed by atoms with Gasteiger partial charge in [0.1, 0.15) is 0 Å². The van der Waals surface area contributed by atoms with E-state index in [1.54, 1.807) is 0 Å². The first-order chi connectivity index (χ1) is 9.16. The van der Waals surface area contributed by atoms with E-state index >= 15 is 0 Å². The van der Waals surface area contributed by atoms with Gasteiger partial charge in [-0.3, -0.25) is 4.79 Å². The first-order valence-corrected chi connectivity index (χ1v) is 7.29. The van der Waals surface area contributed by atoms with Crippen molar-refractivity contribution >= 4 is 17.5 Å². The molecule has 1 heterocycles. The number of benzene rings is 1. The maximum absolute atomic E-state index is 12.0. The van der Waals surface area contributed by atoms with Crippen molar-refractivity contribution in [3.8, 4) is 0 Å². The number of piperidine rings is 1. The minimum atomic E-state index is -0.0438. The van der Waals surface area contributed by atoms with Crippen LogP contribution < -0.4 is 10.6 Å². The quantitative estimate of drug-likeness (QED) is 0.890.